The Balaban J connectivity index is 1.23. The van der Waals surface area contributed by atoms with Crippen molar-refractivity contribution in [2.75, 3.05) is 13.1 Å². The number of likely N-dealkylation sites (tertiary alicyclic amines) is 1. The first-order valence-corrected chi connectivity index (χ1v) is 10.6. The van der Waals surface area contributed by atoms with Crippen molar-refractivity contribution in [2.24, 2.45) is 5.92 Å². The third kappa shape index (κ3) is 4.70. The van der Waals surface area contributed by atoms with E-state index < -0.39 is 0 Å². The van der Waals surface area contributed by atoms with Gasteiger partial charge >= 0.3 is 0 Å². The first-order chi connectivity index (χ1) is 13.2. The van der Waals surface area contributed by atoms with E-state index in [9.17, 15) is 9.59 Å². The van der Waals surface area contributed by atoms with E-state index >= 15 is 0 Å². The van der Waals surface area contributed by atoms with E-state index in [-0.39, 0.29) is 11.8 Å². The highest BCUT2D eigenvalue weighted by molar-refractivity contribution is 5.94. The molecule has 0 aromatic heterocycles. The smallest absolute Gasteiger partial charge is 0.253 e. The van der Waals surface area contributed by atoms with Crippen LogP contribution in [0.3, 0.4) is 0 Å². The van der Waals surface area contributed by atoms with Crippen molar-refractivity contribution in [1.29, 1.82) is 0 Å². The average Bonchev–Trinajstić information content (AvgIpc) is 3.05. The maximum Gasteiger partial charge on any atom is 0.253 e. The molecule has 2 unspecified atom stereocenters. The normalized spacial score (nSPS) is 27.4. The second-order valence-electron chi connectivity index (χ2n) is 8.51. The molecule has 3 aliphatic rings. The summed E-state index contributed by atoms with van der Waals surface area (Å²) in [5.74, 6) is 0.800. The van der Waals surface area contributed by atoms with Crippen LogP contribution in [-0.4, -0.2) is 41.9 Å². The van der Waals surface area contributed by atoms with Crippen LogP contribution in [0.1, 0.15) is 67.3 Å². The minimum Gasteiger partial charge on any atom is -0.352 e. The SMILES string of the molecule is O=C(CC1CC2CCC(C1)N2)NCc1ccc(C(=O)N2CCCCC2)cc1. The van der Waals surface area contributed by atoms with Gasteiger partial charge in [-0.25, -0.2) is 0 Å². The number of hydrogen-bond acceptors (Lipinski definition) is 3. The number of nitrogens with zero attached hydrogens (tertiary/aromatic N) is 1. The van der Waals surface area contributed by atoms with E-state index in [1.807, 2.05) is 29.2 Å². The molecule has 4 rings (SSSR count). The molecule has 2 amide bonds. The Kier molecular flexibility index (Phi) is 5.77. The third-order valence-electron chi connectivity index (χ3n) is 6.38. The van der Waals surface area contributed by atoms with Crippen molar-refractivity contribution >= 4 is 11.8 Å². The number of amides is 2. The van der Waals surface area contributed by atoms with E-state index in [0.717, 1.165) is 49.9 Å². The van der Waals surface area contributed by atoms with Gasteiger partial charge in [-0.2, -0.15) is 0 Å². The van der Waals surface area contributed by atoms with Gasteiger partial charge in [0.05, 0.1) is 0 Å². The molecule has 0 spiro atoms. The quantitative estimate of drug-likeness (QED) is 0.839. The zero-order chi connectivity index (χ0) is 18.6. The highest BCUT2D eigenvalue weighted by Crippen LogP contribution is 2.32. The zero-order valence-corrected chi connectivity index (χ0v) is 16.1. The van der Waals surface area contributed by atoms with Gasteiger partial charge in [0.2, 0.25) is 5.91 Å². The third-order valence-corrected chi connectivity index (χ3v) is 6.38. The van der Waals surface area contributed by atoms with E-state index in [1.54, 1.807) is 0 Å². The molecule has 0 radical (unpaired) electrons. The summed E-state index contributed by atoms with van der Waals surface area (Å²) in [4.78, 5) is 26.8. The fourth-order valence-electron chi connectivity index (χ4n) is 4.92. The van der Waals surface area contributed by atoms with Crippen molar-refractivity contribution in [3.05, 3.63) is 35.4 Å². The van der Waals surface area contributed by atoms with Gasteiger partial charge in [-0.1, -0.05) is 12.1 Å². The number of rotatable bonds is 5. The predicted octanol–water partition coefficient (Wildman–Crippen LogP) is 2.85. The highest BCUT2D eigenvalue weighted by atomic mass is 16.2. The Hall–Kier alpha value is -1.88. The molecular weight excluding hydrogens is 338 g/mol. The topological polar surface area (TPSA) is 61.4 Å². The molecule has 0 saturated carbocycles. The van der Waals surface area contributed by atoms with Crippen molar-refractivity contribution in [1.82, 2.24) is 15.5 Å². The zero-order valence-electron chi connectivity index (χ0n) is 16.1. The number of carbonyl (C=O) groups excluding carboxylic acids is 2. The largest absolute Gasteiger partial charge is 0.352 e. The molecule has 5 heteroatoms. The molecule has 2 atom stereocenters. The van der Waals surface area contributed by atoms with Gasteiger partial charge in [-0.15, -0.1) is 0 Å². The predicted molar refractivity (Wildman–Crippen MR) is 105 cm³/mol. The minimum absolute atomic E-state index is 0.130. The van der Waals surface area contributed by atoms with Gasteiger partial charge in [0, 0.05) is 43.7 Å². The van der Waals surface area contributed by atoms with Gasteiger partial charge in [0.15, 0.2) is 0 Å². The van der Waals surface area contributed by atoms with Crippen LogP contribution in [-0.2, 0) is 11.3 Å². The van der Waals surface area contributed by atoms with Crippen molar-refractivity contribution in [3.8, 4) is 0 Å². The van der Waals surface area contributed by atoms with Gasteiger partial charge in [0.25, 0.3) is 5.91 Å². The lowest BCUT2D eigenvalue weighted by atomic mass is 9.89. The molecule has 3 heterocycles. The highest BCUT2D eigenvalue weighted by Gasteiger charge is 2.34. The summed E-state index contributed by atoms with van der Waals surface area (Å²) in [5, 5.41) is 6.68. The van der Waals surface area contributed by atoms with Gasteiger partial charge in [-0.3, -0.25) is 9.59 Å². The van der Waals surface area contributed by atoms with Crippen molar-refractivity contribution in [2.45, 2.75) is 70.0 Å². The summed E-state index contributed by atoms with van der Waals surface area (Å²) in [7, 11) is 0. The Bertz CT molecular complexity index is 655. The molecule has 3 fully saturated rings. The molecule has 1 aromatic rings. The summed E-state index contributed by atoms with van der Waals surface area (Å²) >= 11 is 0. The van der Waals surface area contributed by atoms with Crippen LogP contribution in [0.15, 0.2) is 24.3 Å². The van der Waals surface area contributed by atoms with E-state index in [0.29, 0.717) is 31.0 Å². The monoisotopic (exact) mass is 369 g/mol. The first-order valence-electron chi connectivity index (χ1n) is 10.6. The maximum absolute atomic E-state index is 12.5. The maximum atomic E-state index is 12.5. The summed E-state index contributed by atoms with van der Waals surface area (Å²) < 4.78 is 0. The van der Waals surface area contributed by atoms with Gasteiger partial charge in [0.1, 0.15) is 0 Å². The van der Waals surface area contributed by atoms with Crippen LogP contribution in [0.2, 0.25) is 0 Å². The molecule has 1 aromatic carbocycles. The van der Waals surface area contributed by atoms with Gasteiger partial charge in [-0.05, 0) is 68.6 Å². The average molecular weight is 370 g/mol. The molecule has 2 N–H and O–H groups in total. The number of hydrogen-bond donors (Lipinski definition) is 2. The van der Waals surface area contributed by atoms with E-state index in [4.69, 9.17) is 0 Å². The molecule has 3 saturated heterocycles. The van der Waals surface area contributed by atoms with Crippen molar-refractivity contribution < 1.29 is 9.59 Å². The van der Waals surface area contributed by atoms with Crippen LogP contribution in [0, 0.1) is 5.92 Å². The molecule has 3 aliphatic heterocycles. The molecular formula is C22H31N3O2. The molecule has 146 valence electrons. The first kappa shape index (κ1) is 18.5. The van der Waals surface area contributed by atoms with E-state index in [1.165, 1.54) is 19.3 Å². The molecule has 2 bridgehead atoms. The van der Waals surface area contributed by atoms with Gasteiger partial charge < -0.3 is 15.5 Å². The standard InChI is InChI=1S/C22H31N3O2/c26-21(14-17-12-19-8-9-20(13-17)24-19)23-15-16-4-6-18(7-5-16)22(27)25-10-2-1-3-11-25/h4-7,17,19-20,24H,1-3,8-15H2,(H,23,26). The summed E-state index contributed by atoms with van der Waals surface area (Å²) in [5.41, 5.74) is 1.79. The number of carbonyl (C=O) groups is 2. The molecule has 27 heavy (non-hydrogen) atoms. The lowest BCUT2D eigenvalue weighted by Crippen LogP contribution is -2.39. The summed E-state index contributed by atoms with van der Waals surface area (Å²) in [6, 6.07) is 8.97. The second-order valence-corrected chi connectivity index (χ2v) is 8.51. The lowest BCUT2D eigenvalue weighted by Gasteiger charge is -2.28. The number of benzene rings is 1. The number of piperidine rings is 2. The van der Waals surface area contributed by atoms with Crippen molar-refractivity contribution in [3.63, 3.8) is 0 Å². The number of nitrogens with one attached hydrogen (secondary N) is 2. The fraction of sp³-hybridized carbons (Fsp3) is 0.636. The Morgan fingerprint density at radius 3 is 2.33 bits per heavy atom. The number of fused-ring (bicyclic) bond motifs is 2. The summed E-state index contributed by atoms with van der Waals surface area (Å²) in [6.07, 6.45) is 8.88. The van der Waals surface area contributed by atoms with Crippen LogP contribution in [0.25, 0.3) is 0 Å². The van der Waals surface area contributed by atoms with Crippen LogP contribution >= 0.6 is 0 Å². The Morgan fingerprint density at radius 2 is 1.67 bits per heavy atom. The molecule has 5 nitrogen and oxygen atoms in total. The van der Waals surface area contributed by atoms with Crippen LogP contribution < -0.4 is 10.6 Å². The second kappa shape index (κ2) is 8.42. The lowest BCUT2D eigenvalue weighted by molar-refractivity contribution is -0.122. The Morgan fingerprint density at radius 1 is 1.00 bits per heavy atom. The van der Waals surface area contributed by atoms with E-state index in [2.05, 4.69) is 10.6 Å². The van der Waals surface area contributed by atoms with Crippen LogP contribution in [0.5, 0.6) is 0 Å². The fourth-order valence-corrected chi connectivity index (χ4v) is 4.92. The minimum atomic E-state index is 0.130. The Labute approximate surface area is 161 Å². The summed E-state index contributed by atoms with van der Waals surface area (Å²) in [6.45, 7) is 2.28. The van der Waals surface area contributed by atoms with Crippen LogP contribution in [0.4, 0.5) is 0 Å². The molecule has 0 aliphatic carbocycles.